The molecular weight excluding hydrogens is 192 g/mol. The minimum absolute atomic E-state index is 0.114. The zero-order chi connectivity index (χ0) is 11.1. The first-order chi connectivity index (χ1) is 7.27. The van der Waals surface area contributed by atoms with Crippen molar-refractivity contribution in [1.82, 2.24) is 4.90 Å². The van der Waals surface area contributed by atoms with Crippen LogP contribution in [0.3, 0.4) is 0 Å². The van der Waals surface area contributed by atoms with Crippen LogP contribution in [0.1, 0.15) is 19.8 Å². The summed E-state index contributed by atoms with van der Waals surface area (Å²) < 4.78 is 5.26. The Labute approximate surface area is 92.4 Å². The van der Waals surface area contributed by atoms with E-state index in [1.807, 2.05) is 0 Å². The molecule has 0 aromatic carbocycles. The molecule has 1 saturated heterocycles. The number of likely N-dealkylation sites (tertiary alicyclic amines) is 1. The summed E-state index contributed by atoms with van der Waals surface area (Å²) in [5.74, 6) is 0.636. The summed E-state index contributed by atoms with van der Waals surface area (Å²) in [7, 11) is 0. The molecule has 0 aromatic rings. The third-order valence-corrected chi connectivity index (χ3v) is 3.19. The molecule has 0 aliphatic carbocycles. The van der Waals surface area contributed by atoms with E-state index in [0.717, 1.165) is 32.5 Å². The van der Waals surface area contributed by atoms with Gasteiger partial charge < -0.3 is 20.5 Å². The van der Waals surface area contributed by atoms with Crippen LogP contribution in [0.5, 0.6) is 0 Å². The molecular formula is C11H24N2O2. The van der Waals surface area contributed by atoms with Crippen molar-refractivity contribution in [3.8, 4) is 0 Å². The van der Waals surface area contributed by atoms with E-state index < -0.39 is 0 Å². The number of ether oxygens (including phenoxy) is 1. The van der Waals surface area contributed by atoms with Crippen molar-refractivity contribution in [3.63, 3.8) is 0 Å². The lowest BCUT2D eigenvalue weighted by Crippen LogP contribution is -2.47. The number of hydrogen-bond donors (Lipinski definition) is 2. The summed E-state index contributed by atoms with van der Waals surface area (Å²) in [6, 6.07) is 0.379. The maximum absolute atomic E-state index is 8.56. The van der Waals surface area contributed by atoms with Crippen LogP contribution in [0, 0.1) is 5.92 Å². The van der Waals surface area contributed by atoms with Crippen LogP contribution in [0.15, 0.2) is 0 Å². The monoisotopic (exact) mass is 216 g/mol. The summed E-state index contributed by atoms with van der Waals surface area (Å²) in [6.45, 7) is 6.62. The largest absolute Gasteiger partial charge is 0.394 e. The number of rotatable bonds is 6. The predicted molar refractivity (Wildman–Crippen MR) is 60.7 cm³/mol. The van der Waals surface area contributed by atoms with Crippen molar-refractivity contribution < 1.29 is 9.84 Å². The lowest BCUT2D eigenvalue weighted by atomic mass is 9.91. The predicted octanol–water partition coefficient (Wildman–Crippen LogP) is 0.0545. The van der Waals surface area contributed by atoms with Gasteiger partial charge in [0.1, 0.15) is 0 Å². The second-order valence-electron chi connectivity index (χ2n) is 4.26. The second-order valence-corrected chi connectivity index (χ2v) is 4.26. The molecule has 15 heavy (non-hydrogen) atoms. The minimum Gasteiger partial charge on any atom is -0.394 e. The van der Waals surface area contributed by atoms with Gasteiger partial charge in [-0.25, -0.2) is 0 Å². The van der Waals surface area contributed by atoms with Crippen LogP contribution in [-0.4, -0.2) is 55.5 Å². The molecule has 0 spiro atoms. The Morgan fingerprint density at radius 3 is 2.93 bits per heavy atom. The third-order valence-electron chi connectivity index (χ3n) is 3.19. The highest BCUT2D eigenvalue weighted by atomic mass is 16.5. The number of aliphatic hydroxyl groups is 1. The smallest absolute Gasteiger partial charge is 0.0698 e. The van der Waals surface area contributed by atoms with Gasteiger partial charge in [0, 0.05) is 19.1 Å². The van der Waals surface area contributed by atoms with E-state index in [9.17, 15) is 0 Å². The first-order valence-corrected chi connectivity index (χ1v) is 5.94. The van der Waals surface area contributed by atoms with Gasteiger partial charge in [0.2, 0.25) is 0 Å². The Bertz CT molecular complexity index is 167. The van der Waals surface area contributed by atoms with E-state index in [1.54, 1.807) is 0 Å². The number of nitrogens with zero attached hydrogens (tertiary/aromatic N) is 1. The molecule has 2 unspecified atom stereocenters. The van der Waals surface area contributed by atoms with Gasteiger partial charge in [0.05, 0.1) is 19.8 Å². The summed E-state index contributed by atoms with van der Waals surface area (Å²) in [5, 5.41) is 8.56. The number of nitrogens with two attached hydrogens (primary N) is 1. The van der Waals surface area contributed by atoms with E-state index >= 15 is 0 Å². The van der Waals surface area contributed by atoms with Gasteiger partial charge in [-0.15, -0.1) is 0 Å². The van der Waals surface area contributed by atoms with Crippen LogP contribution in [0.2, 0.25) is 0 Å². The van der Waals surface area contributed by atoms with E-state index in [4.69, 9.17) is 15.6 Å². The first kappa shape index (κ1) is 12.9. The van der Waals surface area contributed by atoms with Gasteiger partial charge in [-0.3, -0.25) is 0 Å². The van der Waals surface area contributed by atoms with Crippen LogP contribution in [0.25, 0.3) is 0 Å². The van der Waals surface area contributed by atoms with E-state index in [1.165, 1.54) is 0 Å². The van der Waals surface area contributed by atoms with Crippen molar-refractivity contribution in [2.45, 2.75) is 25.8 Å². The molecule has 0 amide bonds. The van der Waals surface area contributed by atoms with Crippen molar-refractivity contribution in [3.05, 3.63) is 0 Å². The molecule has 90 valence electrons. The second kappa shape index (κ2) is 7.17. The Morgan fingerprint density at radius 2 is 2.27 bits per heavy atom. The van der Waals surface area contributed by atoms with Crippen molar-refractivity contribution in [2.24, 2.45) is 11.7 Å². The van der Waals surface area contributed by atoms with Gasteiger partial charge in [-0.2, -0.15) is 0 Å². The molecule has 1 aliphatic rings. The van der Waals surface area contributed by atoms with Gasteiger partial charge in [-0.1, -0.05) is 13.3 Å². The third kappa shape index (κ3) is 4.47. The standard InChI is InChI=1S/C11H24N2O2/c1-2-10-9-13(4-3-11(10)12)5-7-15-8-6-14/h10-11,14H,2-9,12H2,1H3. The van der Waals surface area contributed by atoms with Crippen LogP contribution < -0.4 is 5.73 Å². The Balaban J connectivity index is 2.14. The van der Waals surface area contributed by atoms with E-state index in [0.29, 0.717) is 25.2 Å². The fourth-order valence-electron chi connectivity index (χ4n) is 2.12. The maximum atomic E-state index is 8.56. The minimum atomic E-state index is 0.114. The maximum Gasteiger partial charge on any atom is 0.0698 e. The van der Waals surface area contributed by atoms with Crippen LogP contribution in [-0.2, 0) is 4.74 Å². The van der Waals surface area contributed by atoms with Gasteiger partial charge >= 0.3 is 0 Å². The molecule has 1 fully saturated rings. The van der Waals surface area contributed by atoms with E-state index in [-0.39, 0.29) is 6.61 Å². The summed E-state index contributed by atoms with van der Waals surface area (Å²) in [6.07, 6.45) is 2.26. The number of aliphatic hydroxyl groups excluding tert-OH is 1. The Hall–Kier alpha value is -0.160. The molecule has 0 saturated carbocycles. The Morgan fingerprint density at radius 1 is 1.47 bits per heavy atom. The highest BCUT2D eigenvalue weighted by Crippen LogP contribution is 2.17. The highest BCUT2D eigenvalue weighted by molar-refractivity contribution is 4.81. The number of hydrogen-bond acceptors (Lipinski definition) is 4. The molecule has 4 nitrogen and oxygen atoms in total. The van der Waals surface area contributed by atoms with Gasteiger partial charge in [-0.05, 0) is 18.9 Å². The molecule has 1 rings (SSSR count). The van der Waals surface area contributed by atoms with Crippen molar-refractivity contribution in [2.75, 3.05) is 39.5 Å². The summed E-state index contributed by atoms with van der Waals surface area (Å²) >= 11 is 0. The van der Waals surface area contributed by atoms with Crippen LogP contribution in [0.4, 0.5) is 0 Å². The van der Waals surface area contributed by atoms with Gasteiger partial charge in [0.25, 0.3) is 0 Å². The fourth-order valence-corrected chi connectivity index (χ4v) is 2.12. The average molecular weight is 216 g/mol. The van der Waals surface area contributed by atoms with Crippen LogP contribution >= 0.6 is 0 Å². The zero-order valence-electron chi connectivity index (χ0n) is 9.69. The normalized spacial score (nSPS) is 28.2. The van der Waals surface area contributed by atoms with Gasteiger partial charge in [0.15, 0.2) is 0 Å². The molecule has 1 aliphatic heterocycles. The average Bonchev–Trinajstić information content (AvgIpc) is 2.26. The molecule has 0 radical (unpaired) electrons. The summed E-state index contributed by atoms with van der Waals surface area (Å²) in [4.78, 5) is 2.41. The molecule has 0 aromatic heterocycles. The molecule has 4 heteroatoms. The lowest BCUT2D eigenvalue weighted by molar-refractivity contribution is 0.0590. The number of piperidine rings is 1. The van der Waals surface area contributed by atoms with Crippen molar-refractivity contribution in [1.29, 1.82) is 0 Å². The highest BCUT2D eigenvalue weighted by Gasteiger charge is 2.24. The first-order valence-electron chi connectivity index (χ1n) is 5.94. The molecule has 3 N–H and O–H groups in total. The van der Waals surface area contributed by atoms with Crippen molar-refractivity contribution >= 4 is 0 Å². The Kier molecular flexibility index (Phi) is 6.17. The topological polar surface area (TPSA) is 58.7 Å². The summed E-state index contributed by atoms with van der Waals surface area (Å²) in [5.41, 5.74) is 6.04. The lowest BCUT2D eigenvalue weighted by Gasteiger charge is -2.36. The quantitative estimate of drug-likeness (QED) is 0.616. The molecule has 0 bridgehead atoms. The SMILES string of the molecule is CCC1CN(CCOCCO)CCC1N. The van der Waals surface area contributed by atoms with E-state index in [2.05, 4.69) is 11.8 Å². The molecule has 2 atom stereocenters. The molecule has 1 heterocycles. The fraction of sp³-hybridized carbons (Fsp3) is 1.00. The zero-order valence-corrected chi connectivity index (χ0v) is 9.69.